The minimum absolute atomic E-state index is 0.123. The van der Waals surface area contributed by atoms with E-state index in [9.17, 15) is 19.1 Å². The standard InChI is InChI=1S/C21H27FN2O3/c1-2-3-7-10-24-13-16(21(26)27)20(25)15-11-17(22)18(12-19(15)24)23-14-8-5-4-6-9-14/h11-14,23H,2-10H2,1H3,(H,26,27). The number of hydrogen-bond donors (Lipinski definition) is 2. The molecule has 1 aliphatic carbocycles. The summed E-state index contributed by atoms with van der Waals surface area (Å²) in [6, 6.07) is 3.09. The Bertz CT molecular complexity index is 885. The Balaban J connectivity index is 2.05. The summed E-state index contributed by atoms with van der Waals surface area (Å²) in [5.41, 5.74) is 0.0284. The second-order valence-electron chi connectivity index (χ2n) is 7.41. The van der Waals surface area contributed by atoms with Gasteiger partial charge in [0.1, 0.15) is 11.4 Å². The SMILES string of the molecule is CCCCCn1cc(C(=O)O)c(=O)c2cc(F)c(NC3CCCCC3)cc21. The molecule has 0 bridgehead atoms. The quantitative estimate of drug-likeness (QED) is 0.685. The minimum atomic E-state index is -1.28. The maximum Gasteiger partial charge on any atom is 0.341 e. The number of hydrogen-bond acceptors (Lipinski definition) is 3. The Morgan fingerprint density at radius 1 is 1.26 bits per heavy atom. The van der Waals surface area contributed by atoms with Crippen LogP contribution in [-0.4, -0.2) is 21.7 Å². The molecule has 2 N–H and O–H groups in total. The zero-order chi connectivity index (χ0) is 19.4. The topological polar surface area (TPSA) is 71.3 Å². The van der Waals surface area contributed by atoms with Crippen molar-refractivity contribution in [1.82, 2.24) is 4.57 Å². The van der Waals surface area contributed by atoms with Crippen molar-refractivity contribution in [3.05, 3.63) is 39.9 Å². The van der Waals surface area contributed by atoms with Gasteiger partial charge in [-0.05, 0) is 31.4 Å². The van der Waals surface area contributed by atoms with Gasteiger partial charge in [0.25, 0.3) is 0 Å². The molecule has 146 valence electrons. The van der Waals surface area contributed by atoms with Crippen molar-refractivity contribution in [2.24, 2.45) is 0 Å². The number of fused-ring (bicyclic) bond motifs is 1. The van der Waals surface area contributed by atoms with Crippen molar-refractivity contribution in [2.75, 3.05) is 5.32 Å². The summed E-state index contributed by atoms with van der Waals surface area (Å²) in [6.07, 6.45) is 9.82. The average molecular weight is 374 g/mol. The first-order valence-electron chi connectivity index (χ1n) is 9.87. The number of rotatable bonds is 7. The number of aromatic carboxylic acids is 1. The third kappa shape index (κ3) is 4.31. The van der Waals surface area contributed by atoms with Gasteiger partial charge in [-0.25, -0.2) is 9.18 Å². The molecule has 0 unspecified atom stereocenters. The van der Waals surface area contributed by atoms with Crippen molar-refractivity contribution < 1.29 is 14.3 Å². The number of carboxylic acids is 1. The minimum Gasteiger partial charge on any atom is -0.477 e. The monoisotopic (exact) mass is 374 g/mol. The van der Waals surface area contributed by atoms with Gasteiger partial charge in [-0.3, -0.25) is 4.79 Å². The maximum absolute atomic E-state index is 14.7. The molecular weight excluding hydrogens is 347 g/mol. The Morgan fingerprint density at radius 3 is 2.67 bits per heavy atom. The van der Waals surface area contributed by atoms with Gasteiger partial charge in [0.05, 0.1) is 11.2 Å². The van der Waals surface area contributed by atoms with E-state index in [1.165, 1.54) is 18.7 Å². The summed E-state index contributed by atoms with van der Waals surface area (Å²) in [7, 11) is 0. The first-order valence-corrected chi connectivity index (χ1v) is 9.87. The summed E-state index contributed by atoms with van der Waals surface area (Å²) < 4.78 is 16.4. The van der Waals surface area contributed by atoms with Gasteiger partial charge in [-0.1, -0.05) is 39.0 Å². The van der Waals surface area contributed by atoms with Crippen molar-refractivity contribution in [3.63, 3.8) is 0 Å². The molecule has 1 aromatic carbocycles. The first-order chi connectivity index (χ1) is 13.0. The van der Waals surface area contributed by atoms with Crippen molar-refractivity contribution >= 4 is 22.6 Å². The molecule has 3 rings (SSSR count). The second kappa shape index (κ2) is 8.55. The number of anilines is 1. The van der Waals surface area contributed by atoms with E-state index in [0.29, 0.717) is 17.7 Å². The average Bonchev–Trinajstić information content (AvgIpc) is 2.65. The normalized spacial score (nSPS) is 15.2. The number of carbonyl (C=O) groups is 1. The number of aryl methyl sites for hydroxylation is 1. The molecule has 27 heavy (non-hydrogen) atoms. The predicted octanol–water partition coefficient (Wildman–Crippen LogP) is 4.77. The molecule has 0 atom stereocenters. The van der Waals surface area contributed by atoms with E-state index in [-0.39, 0.29) is 17.0 Å². The molecular formula is C21H27FN2O3. The summed E-state index contributed by atoms with van der Waals surface area (Å²) in [4.78, 5) is 24.0. The van der Waals surface area contributed by atoms with Crippen LogP contribution in [0.1, 0.15) is 68.6 Å². The van der Waals surface area contributed by atoms with E-state index in [4.69, 9.17) is 0 Å². The van der Waals surface area contributed by atoms with E-state index in [0.717, 1.165) is 44.9 Å². The van der Waals surface area contributed by atoms with Crippen LogP contribution in [0.5, 0.6) is 0 Å². The lowest BCUT2D eigenvalue weighted by atomic mass is 9.95. The lowest BCUT2D eigenvalue weighted by Crippen LogP contribution is -2.23. The molecule has 1 heterocycles. The van der Waals surface area contributed by atoms with Crippen molar-refractivity contribution in [2.45, 2.75) is 70.9 Å². The van der Waals surface area contributed by atoms with Crippen LogP contribution in [0, 0.1) is 5.82 Å². The van der Waals surface area contributed by atoms with Crippen LogP contribution in [0.25, 0.3) is 10.9 Å². The number of nitrogens with zero attached hydrogens (tertiary/aromatic N) is 1. The van der Waals surface area contributed by atoms with Crippen LogP contribution in [0.3, 0.4) is 0 Å². The predicted molar refractivity (Wildman–Crippen MR) is 105 cm³/mol. The smallest absolute Gasteiger partial charge is 0.341 e. The zero-order valence-corrected chi connectivity index (χ0v) is 15.8. The van der Waals surface area contributed by atoms with Crippen LogP contribution >= 0.6 is 0 Å². The van der Waals surface area contributed by atoms with E-state index in [2.05, 4.69) is 12.2 Å². The molecule has 1 aromatic heterocycles. The fraction of sp³-hybridized carbons (Fsp3) is 0.524. The van der Waals surface area contributed by atoms with Gasteiger partial charge < -0.3 is 15.0 Å². The highest BCUT2D eigenvalue weighted by Gasteiger charge is 2.19. The molecule has 0 aliphatic heterocycles. The van der Waals surface area contributed by atoms with E-state index < -0.39 is 17.2 Å². The van der Waals surface area contributed by atoms with Crippen LogP contribution in [-0.2, 0) is 6.54 Å². The maximum atomic E-state index is 14.7. The zero-order valence-electron chi connectivity index (χ0n) is 15.8. The first kappa shape index (κ1) is 19.4. The van der Waals surface area contributed by atoms with Gasteiger partial charge in [-0.15, -0.1) is 0 Å². The van der Waals surface area contributed by atoms with Crippen molar-refractivity contribution in [1.29, 1.82) is 0 Å². The largest absolute Gasteiger partial charge is 0.477 e. The van der Waals surface area contributed by atoms with Crippen LogP contribution in [0.4, 0.5) is 10.1 Å². The van der Waals surface area contributed by atoms with Crippen LogP contribution in [0.15, 0.2) is 23.1 Å². The summed E-state index contributed by atoms with van der Waals surface area (Å²) >= 11 is 0. The van der Waals surface area contributed by atoms with Gasteiger partial charge in [0.2, 0.25) is 5.43 Å². The molecule has 0 saturated heterocycles. The van der Waals surface area contributed by atoms with E-state index in [1.807, 2.05) is 0 Å². The third-order valence-electron chi connectivity index (χ3n) is 5.37. The van der Waals surface area contributed by atoms with Gasteiger partial charge in [0, 0.05) is 24.2 Å². The van der Waals surface area contributed by atoms with Gasteiger partial charge >= 0.3 is 5.97 Å². The summed E-state index contributed by atoms with van der Waals surface area (Å²) in [5.74, 6) is -1.79. The highest BCUT2D eigenvalue weighted by molar-refractivity contribution is 5.93. The number of carboxylic acid groups (broad SMARTS) is 1. The highest BCUT2D eigenvalue weighted by Crippen LogP contribution is 2.26. The lowest BCUT2D eigenvalue weighted by Gasteiger charge is -2.24. The molecule has 2 aromatic rings. The number of nitrogens with one attached hydrogen (secondary N) is 1. The number of unbranched alkanes of at least 4 members (excludes halogenated alkanes) is 2. The Hall–Kier alpha value is -2.37. The highest BCUT2D eigenvalue weighted by atomic mass is 19.1. The number of halogens is 1. The Kier molecular flexibility index (Phi) is 6.14. The molecule has 5 nitrogen and oxygen atoms in total. The molecule has 1 fully saturated rings. The third-order valence-corrected chi connectivity index (χ3v) is 5.37. The van der Waals surface area contributed by atoms with E-state index in [1.54, 1.807) is 10.6 Å². The fourth-order valence-corrected chi connectivity index (χ4v) is 3.86. The summed E-state index contributed by atoms with van der Waals surface area (Å²) in [5, 5.41) is 12.8. The molecule has 6 heteroatoms. The van der Waals surface area contributed by atoms with Gasteiger partial charge in [-0.2, -0.15) is 0 Å². The molecule has 1 aliphatic rings. The van der Waals surface area contributed by atoms with E-state index >= 15 is 0 Å². The lowest BCUT2D eigenvalue weighted by molar-refractivity contribution is 0.0695. The number of pyridine rings is 1. The molecule has 0 spiro atoms. The fourth-order valence-electron chi connectivity index (χ4n) is 3.86. The Morgan fingerprint density at radius 2 is 2.00 bits per heavy atom. The van der Waals surface area contributed by atoms with Crippen LogP contribution in [0.2, 0.25) is 0 Å². The summed E-state index contributed by atoms with van der Waals surface area (Å²) in [6.45, 7) is 2.69. The number of benzene rings is 1. The molecule has 1 saturated carbocycles. The van der Waals surface area contributed by atoms with Crippen molar-refractivity contribution in [3.8, 4) is 0 Å². The second-order valence-corrected chi connectivity index (χ2v) is 7.41. The molecule has 0 radical (unpaired) electrons. The van der Waals surface area contributed by atoms with Crippen LogP contribution < -0.4 is 10.7 Å². The Labute approximate surface area is 158 Å². The molecule has 0 amide bonds. The number of aromatic nitrogens is 1. The van der Waals surface area contributed by atoms with Gasteiger partial charge in [0.15, 0.2) is 0 Å².